The van der Waals surface area contributed by atoms with E-state index >= 15 is 0 Å². The number of ether oxygens (including phenoxy) is 2. The predicted octanol–water partition coefficient (Wildman–Crippen LogP) is 1.55. The standard InChI is InChI=1S/C25H38N2O6S/c1-18-14-27(19(2)17-28)34(30,31)25-8-7-21(6-5-20(3)29)13-23(25)33-24(18)16-26(4)15-22-9-11-32-12-10-22/h7-8,13,18-20,22,24,28-29H,9-12,14-17H2,1-4H3/t18-,19+,20-,24-/m1/s1. The average Bonchev–Trinajstić information content (AvgIpc) is 2.80. The predicted molar refractivity (Wildman–Crippen MR) is 130 cm³/mol. The molecule has 2 N–H and O–H groups in total. The van der Waals surface area contributed by atoms with Gasteiger partial charge in [0.1, 0.15) is 22.9 Å². The van der Waals surface area contributed by atoms with Gasteiger partial charge in [-0.3, -0.25) is 0 Å². The van der Waals surface area contributed by atoms with Crippen LogP contribution in [0.5, 0.6) is 5.75 Å². The zero-order valence-corrected chi connectivity index (χ0v) is 21.4. The number of aliphatic hydroxyl groups excluding tert-OH is 2. The van der Waals surface area contributed by atoms with Crippen molar-refractivity contribution in [2.75, 3.05) is 46.5 Å². The van der Waals surface area contributed by atoms with Crippen LogP contribution in [0.4, 0.5) is 0 Å². The highest BCUT2D eigenvalue weighted by molar-refractivity contribution is 7.89. The van der Waals surface area contributed by atoms with Crippen molar-refractivity contribution >= 4 is 10.0 Å². The number of likely N-dealkylation sites (N-methyl/N-ethyl adjacent to an activating group) is 1. The van der Waals surface area contributed by atoms with Crippen molar-refractivity contribution < 1.29 is 28.1 Å². The summed E-state index contributed by atoms with van der Waals surface area (Å²) in [5.41, 5.74) is 0.569. The number of benzene rings is 1. The molecule has 2 heterocycles. The summed E-state index contributed by atoms with van der Waals surface area (Å²) in [6.45, 7) is 8.41. The molecule has 0 aromatic heterocycles. The number of nitrogens with zero attached hydrogens (tertiary/aromatic N) is 2. The molecule has 1 aromatic rings. The molecule has 1 saturated heterocycles. The number of rotatable bonds is 6. The topological polar surface area (TPSA) is 99.5 Å². The summed E-state index contributed by atoms with van der Waals surface area (Å²) >= 11 is 0. The first-order valence-electron chi connectivity index (χ1n) is 12.0. The van der Waals surface area contributed by atoms with Gasteiger partial charge in [-0.2, -0.15) is 4.31 Å². The van der Waals surface area contributed by atoms with Gasteiger partial charge >= 0.3 is 0 Å². The van der Waals surface area contributed by atoms with E-state index < -0.39 is 22.2 Å². The Morgan fingerprint density at radius 2 is 1.94 bits per heavy atom. The number of fused-ring (bicyclic) bond motifs is 1. The molecule has 4 atom stereocenters. The Morgan fingerprint density at radius 1 is 1.24 bits per heavy atom. The fourth-order valence-electron chi connectivity index (χ4n) is 4.46. The Bertz CT molecular complexity index is 981. The van der Waals surface area contributed by atoms with E-state index in [2.05, 4.69) is 23.8 Å². The minimum absolute atomic E-state index is 0.0689. The van der Waals surface area contributed by atoms with Gasteiger partial charge in [-0.1, -0.05) is 18.8 Å². The van der Waals surface area contributed by atoms with Gasteiger partial charge in [0.15, 0.2) is 0 Å². The molecule has 0 radical (unpaired) electrons. The molecule has 34 heavy (non-hydrogen) atoms. The number of hydrogen-bond donors (Lipinski definition) is 2. The maximum atomic E-state index is 13.5. The van der Waals surface area contributed by atoms with Gasteiger partial charge in [0.25, 0.3) is 0 Å². The lowest BCUT2D eigenvalue weighted by Crippen LogP contribution is -2.50. The molecule has 9 heteroatoms. The second-order valence-electron chi connectivity index (χ2n) is 9.62. The van der Waals surface area contributed by atoms with Crippen LogP contribution in [0.25, 0.3) is 0 Å². The first kappa shape index (κ1) is 26.9. The molecule has 190 valence electrons. The van der Waals surface area contributed by atoms with Crippen LogP contribution in [0.15, 0.2) is 23.1 Å². The van der Waals surface area contributed by atoms with Crippen LogP contribution in [0.2, 0.25) is 0 Å². The number of sulfonamides is 1. The van der Waals surface area contributed by atoms with Gasteiger partial charge in [0.2, 0.25) is 10.0 Å². The maximum absolute atomic E-state index is 13.5. The second-order valence-corrected chi connectivity index (χ2v) is 11.5. The lowest BCUT2D eigenvalue weighted by molar-refractivity contribution is 0.0402. The van der Waals surface area contributed by atoms with E-state index in [-0.39, 0.29) is 35.8 Å². The normalized spacial score (nSPS) is 25.3. The Balaban J connectivity index is 1.94. The van der Waals surface area contributed by atoms with Gasteiger partial charge in [-0.05, 0) is 57.9 Å². The fraction of sp³-hybridized carbons (Fsp3) is 0.680. The van der Waals surface area contributed by atoms with Crippen molar-refractivity contribution in [3.8, 4) is 17.6 Å². The summed E-state index contributed by atoms with van der Waals surface area (Å²) in [7, 11) is -1.82. The van der Waals surface area contributed by atoms with Gasteiger partial charge in [0.05, 0.1) is 6.61 Å². The molecule has 1 aromatic carbocycles. The molecule has 0 unspecified atom stereocenters. The third kappa shape index (κ3) is 6.72. The van der Waals surface area contributed by atoms with Crippen LogP contribution < -0.4 is 4.74 Å². The van der Waals surface area contributed by atoms with Crippen LogP contribution >= 0.6 is 0 Å². The molecular formula is C25H38N2O6S. The summed E-state index contributed by atoms with van der Waals surface area (Å²) in [6.07, 6.45) is 1.03. The molecule has 0 spiro atoms. The maximum Gasteiger partial charge on any atom is 0.247 e. The van der Waals surface area contributed by atoms with E-state index in [0.29, 0.717) is 18.0 Å². The summed E-state index contributed by atoms with van der Waals surface area (Å²) in [5, 5.41) is 19.3. The van der Waals surface area contributed by atoms with Gasteiger partial charge < -0.3 is 24.6 Å². The fourth-order valence-corrected chi connectivity index (χ4v) is 6.29. The number of hydrogen-bond acceptors (Lipinski definition) is 7. The van der Waals surface area contributed by atoms with Gasteiger partial charge in [-0.25, -0.2) is 8.42 Å². The zero-order chi connectivity index (χ0) is 24.9. The summed E-state index contributed by atoms with van der Waals surface area (Å²) < 4.78 is 40.3. The molecule has 1 fully saturated rings. The average molecular weight is 495 g/mol. The van der Waals surface area contributed by atoms with E-state index in [0.717, 1.165) is 32.6 Å². The third-order valence-corrected chi connectivity index (χ3v) is 8.51. The van der Waals surface area contributed by atoms with E-state index in [1.54, 1.807) is 26.0 Å². The summed E-state index contributed by atoms with van der Waals surface area (Å²) in [6, 6.07) is 4.20. The zero-order valence-electron chi connectivity index (χ0n) is 20.6. The molecule has 0 amide bonds. The Labute approximate surface area is 203 Å². The van der Waals surface area contributed by atoms with E-state index in [1.807, 2.05) is 6.92 Å². The Kier molecular flexibility index (Phi) is 9.38. The second kappa shape index (κ2) is 11.8. The van der Waals surface area contributed by atoms with Crippen molar-refractivity contribution in [1.82, 2.24) is 9.21 Å². The molecular weight excluding hydrogens is 456 g/mol. The highest BCUT2D eigenvalue weighted by atomic mass is 32.2. The van der Waals surface area contributed by atoms with Crippen LogP contribution in [0.3, 0.4) is 0 Å². The van der Waals surface area contributed by atoms with Crippen LogP contribution in [-0.4, -0.2) is 92.6 Å². The lowest BCUT2D eigenvalue weighted by Gasteiger charge is -2.38. The largest absolute Gasteiger partial charge is 0.487 e. The highest BCUT2D eigenvalue weighted by Gasteiger charge is 2.38. The first-order valence-corrected chi connectivity index (χ1v) is 13.4. The Morgan fingerprint density at radius 3 is 2.59 bits per heavy atom. The molecule has 8 nitrogen and oxygen atoms in total. The minimum atomic E-state index is -3.89. The molecule has 0 aliphatic carbocycles. The minimum Gasteiger partial charge on any atom is -0.487 e. The SMILES string of the molecule is C[C@@H]1CN([C@@H](C)CO)S(=O)(=O)c2ccc(C#C[C@@H](C)O)cc2O[C@@H]1CN(C)CC1CCOCC1. The van der Waals surface area contributed by atoms with Crippen molar-refractivity contribution in [3.63, 3.8) is 0 Å². The molecule has 0 bridgehead atoms. The summed E-state index contributed by atoms with van der Waals surface area (Å²) in [5.74, 6) is 6.28. The van der Waals surface area contributed by atoms with Gasteiger partial charge in [0, 0.05) is 50.4 Å². The van der Waals surface area contributed by atoms with Crippen molar-refractivity contribution in [2.45, 2.75) is 56.8 Å². The quantitative estimate of drug-likeness (QED) is 0.579. The van der Waals surface area contributed by atoms with Crippen LogP contribution in [-0.2, 0) is 14.8 Å². The molecule has 2 aliphatic heterocycles. The van der Waals surface area contributed by atoms with E-state index in [9.17, 15) is 18.6 Å². The van der Waals surface area contributed by atoms with Gasteiger partial charge in [-0.15, -0.1) is 0 Å². The summed E-state index contributed by atoms with van der Waals surface area (Å²) in [4.78, 5) is 2.32. The molecule has 0 saturated carbocycles. The Hall–Kier alpha value is -1.67. The van der Waals surface area contributed by atoms with E-state index in [4.69, 9.17) is 9.47 Å². The number of aliphatic hydroxyl groups is 2. The third-order valence-electron chi connectivity index (χ3n) is 6.49. The lowest BCUT2D eigenvalue weighted by atomic mass is 9.98. The van der Waals surface area contributed by atoms with Crippen LogP contribution in [0.1, 0.15) is 39.2 Å². The van der Waals surface area contributed by atoms with Crippen molar-refractivity contribution in [3.05, 3.63) is 23.8 Å². The molecule has 2 aliphatic rings. The van der Waals surface area contributed by atoms with Crippen LogP contribution in [0, 0.1) is 23.7 Å². The van der Waals surface area contributed by atoms with Crippen molar-refractivity contribution in [2.24, 2.45) is 11.8 Å². The monoisotopic (exact) mass is 494 g/mol. The highest BCUT2D eigenvalue weighted by Crippen LogP contribution is 2.34. The molecule has 3 rings (SSSR count). The smallest absolute Gasteiger partial charge is 0.247 e. The van der Waals surface area contributed by atoms with E-state index in [1.165, 1.54) is 10.4 Å². The van der Waals surface area contributed by atoms with Crippen molar-refractivity contribution in [1.29, 1.82) is 0 Å². The first-order chi connectivity index (χ1) is 16.1.